The molecule has 1 aliphatic heterocycles. The number of hydrogen-bond acceptors (Lipinski definition) is 3. The molecule has 6 atom stereocenters. The number of imide groups is 1. The Bertz CT molecular complexity index is 1350. The van der Waals surface area contributed by atoms with E-state index in [4.69, 9.17) is 0 Å². The van der Waals surface area contributed by atoms with Crippen molar-refractivity contribution in [2.75, 3.05) is 10.2 Å². The van der Waals surface area contributed by atoms with Gasteiger partial charge in [-0.15, -0.1) is 0 Å². The zero-order valence-corrected chi connectivity index (χ0v) is 17.8. The van der Waals surface area contributed by atoms with Gasteiger partial charge in [0.1, 0.15) is 0 Å². The molecule has 2 bridgehead atoms. The van der Waals surface area contributed by atoms with Crippen molar-refractivity contribution in [3.05, 3.63) is 84.4 Å². The summed E-state index contributed by atoms with van der Waals surface area (Å²) in [5.74, 6) is 0.518. The Morgan fingerprint density at radius 2 is 1.48 bits per heavy atom. The quantitative estimate of drug-likeness (QED) is 0.482. The Kier molecular flexibility index (Phi) is 3.78. The normalized spacial score (nSPS) is 31.0. The second kappa shape index (κ2) is 6.64. The zero-order valence-electron chi connectivity index (χ0n) is 17.8. The number of nitrogens with zero attached hydrogens (tertiary/aromatic N) is 1. The molecule has 0 radical (unpaired) electrons. The van der Waals surface area contributed by atoms with Crippen LogP contribution in [0.4, 0.5) is 11.4 Å². The lowest BCUT2D eigenvalue weighted by Crippen LogP contribution is -2.40. The van der Waals surface area contributed by atoms with Crippen LogP contribution in [0.5, 0.6) is 0 Å². The molecular formula is C28H22N2O3. The summed E-state index contributed by atoms with van der Waals surface area (Å²) in [6.07, 6.45) is 5.48. The molecule has 1 heterocycles. The van der Waals surface area contributed by atoms with Crippen LogP contribution in [0.15, 0.2) is 78.9 Å². The van der Waals surface area contributed by atoms with E-state index in [9.17, 15) is 14.4 Å². The Balaban J connectivity index is 1.19. The highest BCUT2D eigenvalue weighted by atomic mass is 16.2. The number of hydrogen-bond donors (Lipinski definition) is 1. The van der Waals surface area contributed by atoms with Crippen LogP contribution in [-0.2, 0) is 9.59 Å². The number of anilines is 2. The fraction of sp³-hybridized carbons (Fsp3) is 0.250. The number of allylic oxidation sites excluding steroid dienone is 2. The highest BCUT2D eigenvalue weighted by Gasteiger charge is 2.67. The van der Waals surface area contributed by atoms with Crippen LogP contribution < -0.4 is 10.2 Å². The number of carbonyl (C=O) groups is 3. The fourth-order valence-corrected chi connectivity index (χ4v) is 6.53. The van der Waals surface area contributed by atoms with Gasteiger partial charge >= 0.3 is 0 Å². The molecule has 2 saturated carbocycles. The molecule has 5 aliphatic rings. The summed E-state index contributed by atoms with van der Waals surface area (Å²) in [7, 11) is 0. The largest absolute Gasteiger partial charge is 0.321 e. The molecule has 3 fully saturated rings. The van der Waals surface area contributed by atoms with E-state index < -0.39 is 0 Å². The van der Waals surface area contributed by atoms with E-state index in [1.54, 1.807) is 24.3 Å². The van der Waals surface area contributed by atoms with Gasteiger partial charge < -0.3 is 5.32 Å². The molecule has 0 unspecified atom stereocenters. The summed E-state index contributed by atoms with van der Waals surface area (Å²) in [4.78, 5) is 41.2. The van der Waals surface area contributed by atoms with Crippen molar-refractivity contribution >= 4 is 39.9 Å². The van der Waals surface area contributed by atoms with Gasteiger partial charge in [-0.25, -0.2) is 4.90 Å². The van der Waals surface area contributed by atoms with Gasteiger partial charge in [0.05, 0.1) is 17.5 Å². The Morgan fingerprint density at radius 1 is 0.818 bits per heavy atom. The van der Waals surface area contributed by atoms with E-state index >= 15 is 0 Å². The third-order valence-electron chi connectivity index (χ3n) is 8.07. The van der Waals surface area contributed by atoms with Gasteiger partial charge in [-0.1, -0.05) is 54.6 Å². The second-order valence-electron chi connectivity index (χ2n) is 9.70. The lowest BCUT2D eigenvalue weighted by Gasteiger charge is -2.37. The summed E-state index contributed by atoms with van der Waals surface area (Å²) in [5.41, 5.74) is 1.63. The van der Waals surface area contributed by atoms with Crippen LogP contribution in [0.3, 0.4) is 0 Å². The van der Waals surface area contributed by atoms with Crippen molar-refractivity contribution in [2.45, 2.75) is 6.42 Å². The minimum atomic E-state index is -0.271. The Labute approximate surface area is 191 Å². The maximum Gasteiger partial charge on any atom is 0.255 e. The van der Waals surface area contributed by atoms with Gasteiger partial charge in [-0.3, -0.25) is 14.4 Å². The Hall–Kier alpha value is -3.73. The van der Waals surface area contributed by atoms with Gasteiger partial charge in [-0.2, -0.15) is 0 Å². The van der Waals surface area contributed by atoms with Gasteiger partial charge in [0.2, 0.25) is 11.8 Å². The van der Waals surface area contributed by atoms with Crippen LogP contribution in [0, 0.1) is 35.5 Å². The van der Waals surface area contributed by atoms with Crippen LogP contribution in [-0.4, -0.2) is 17.7 Å². The van der Waals surface area contributed by atoms with Crippen molar-refractivity contribution < 1.29 is 14.4 Å². The number of amides is 3. The van der Waals surface area contributed by atoms with E-state index in [0.29, 0.717) is 23.1 Å². The number of nitrogens with one attached hydrogen (secondary N) is 1. The van der Waals surface area contributed by atoms with Gasteiger partial charge in [0, 0.05) is 16.6 Å². The van der Waals surface area contributed by atoms with Gasteiger partial charge in [-0.05, 0) is 59.7 Å². The molecule has 3 amide bonds. The first-order chi connectivity index (χ1) is 16.1. The second-order valence-corrected chi connectivity index (χ2v) is 9.70. The van der Waals surface area contributed by atoms with E-state index in [1.165, 1.54) is 4.90 Å². The minimum absolute atomic E-state index is 0.110. The lowest BCUT2D eigenvalue weighted by atomic mass is 9.63. The van der Waals surface area contributed by atoms with E-state index in [0.717, 1.165) is 22.9 Å². The van der Waals surface area contributed by atoms with E-state index in [2.05, 4.69) is 17.5 Å². The number of rotatable bonds is 3. The maximum atomic E-state index is 13.4. The zero-order chi connectivity index (χ0) is 22.3. The van der Waals surface area contributed by atoms with Crippen molar-refractivity contribution in [2.24, 2.45) is 35.5 Å². The third-order valence-corrected chi connectivity index (χ3v) is 8.07. The van der Waals surface area contributed by atoms with Crippen molar-refractivity contribution in [3.63, 3.8) is 0 Å². The molecule has 3 aromatic carbocycles. The van der Waals surface area contributed by atoms with Crippen molar-refractivity contribution in [1.29, 1.82) is 0 Å². The SMILES string of the molecule is O=C(Nc1cccc2ccccc12)c1cccc(N2C(=O)[C@@H]3[C@H]4C=C[C@@H]([C@@H]5C[C@@H]45)[C@H]3C2=O)c1. The molecule has 1 saturated heterocycles. The van der Waals surface area contributed by atoms with Crippen LogP contribution in [0.25, 0.3) is 10.8 Å². The molecule has 5 nitrogen and oxygen atoms in total. The molecule has 5 heteroatoms. The summed E-state index contributed by atoms with van der Waals surface area (Å²) >= 11 is 0. The smallest absolute Gasteiger partial charge is 0.255 e. The minimum Gasteiger partial charge on any atom is -0.321 e. The molecule has 0 spiro atoms. The maximum absolute atomic E-state index is 13.4. The highest BCUT2D eigenvalue weighted by molar-refractivity contribution is 6.23. The molecule has 3 aromatic rings. The molecule has 33 heavy (non-hydrogen) atoms. The van der Waals surface area contributed by atoms with Crippen LogP contribution in [0.2, 0.25) is 0 Å². The molecule has 1 N–H and O–H groups in total. The summed E-state index contributed by atoms with van der Waals surface area (Å²) in [5, 5.41) is 4.99. The molecule has 8 rings (SSSR count). The van der Waals surface area contributed by atoms with Gasteiger partial charge in [0.15, 0.2) is 0 Å². The third kappa shape index (κ3) is 2.62. The Morgan fingerprint density at radius 3 is 2.24 bits per heavy atom. The molecule has 162 valence electrons. The first-order valence-electron chi connectivity index (χ1n) is 11.6. The summed E-state index contributed by atoms with van der Waals surface area (Å²) in [6.45, 7) is 0. The first-order valence-corrected chi connectivity index (χ1v) is 11.6. The average molecular weight is 434 g/mol. The number of benzene rings is 3. The fourth-order valence-electron chi connectivity index (χ4n) is 6.53. The van der Waals surface area contributed by atoms with Crippen LogP contribution >= 0.6 is 0 Å². The number of fused-ring (bicyclic) bond motifs is 1. The molecule has 4 aliphatic carbocycles. The predicted octanol–water partition coefficient (Wildman–Crippen LogP) is 4.65. The first kappa shape index (κ1) is 18.8. The van der Waals surface area contributed by atoms with E-state index in [-0.39, 0.29) is 41.4 Å². The average Bonchev–Trinajstić information content (AvgIpc) is 3.62. The van der Waals surface area contributed by atoms with Gasteiger partial charge in [0.25, 0.3) is 5.91 Å². The number of carbonyl (C=O) groups excluding carboxylic acids is 3. The highest BCUT2D eigenvalue weighted by Crippen LogP contribution is 2.65. The molecule has 0 aromatic heterocycles. The summed E-state index contributed by atoms with van der Waals surface area (Å²) in [6, 6.07) is 20.5. The monoisotopic (exact) mass is 434 g/mol. The van der Waals surface area contributed by atoms with Crippen molar-refractivity contribution in [1.82, 2.24) is 0 Å². The lowest BCUT2D eigenvalue weighted by molar-refractivity contribution is -0.124. The topological polar surface area (TPSA) is 66.5 Å². The van der Waals surface area contributed by atoms with E-state index in [1.807, 2.05) is 42.5 Å². The van der Waals surface area contributed by atoms with Crippen molar-refractivity contribution in [3.8, 4) is 0 Å². The molecular weight excluding hydrogens is 412 g/mol. The standard InChI is InChI=1S/C28H22N2O3/c31-26(29-23-10-4-6-15-5-1-2-9-18(15)23)16-7-3-8-17(13-16)30-27(32)24-19-11-12-20(22-14-21(19)22)25(24)28(30)33/h1-13,19-22,24-25H,14H2,(H,29,31)/t19-,20-,21-,22-,24+,25+/m0/s1. The summed E-state index contributed by atoms with van der Waals surface area (Å²) < 4.78 is 0. The predicted molar refractivity (Wildman–Crippen MR) is 126 cm³/mol. The van der Waals surface area contributed by atoms with Crippen LogP contribution in [0.1, 0.15) is 16.8 Å².